The van der Waals surface area contributed by atoms with Crippen molar-refractivity contribution < 1.29 is 22.4 Å². The fourth-order valence-electron chi connectivity index (χ4n) is 3.48. The predicted molar refractivity (Wildman–Crippen MR) is 109 cm³/mol. The van der Waals surface area contributed by atoms with Gasteiger partial charge in [0.15, 0.2) is 21.3 Å². The zero-order valence-electron chi connectivity index (χ0n) is 16.1. The number of fused-ring (bicyclic) bond motifs is 1. The second-order valence-electron chi connectivity index (χ2n) is 7.29. The van der Waals surface area contributed by atoms with E-state index in [1.54, 1.807) is 25.3 Å². The second-order valence-corrected chi connectivity index (χ2v) is 9.52. The Bertz CT molecular complexity index is 1140. The molecule has 0 aliphatic carbocycles. The monoisotopic (exact) mass is 414 g/mol. The van der Waals surface area contributed by atoms with Crippen molar-refractivity contribution in [1.29, 1.82) is 0 Å². The van der Waals surface area contributed by atoms with Gasteiger partial charge in [0, 0.05) is 18.5 Å². The van der Waals surface area contributed by atoms with Crippen LogP contribution in [-0.2, 0) is 16.3 Å². The van der Waals surface area contributed by atoms with E-state index in [1.807, 2.05) is 24.3 Å². The molecule has 1 amide bonds. The summed E-state index contributed by atoms with van der Waals surface area (Å²) in [5.74, 6) is 1.44. The molecule has 1 N–H and O–H groups in total. The topological polar surface area (TPSA) is 98.5 Å². The van der Waals surface area contributed by atoms with E-state index in [0.717, 1.165) is 11.3 Å². The van der Waals surface area contributed by atoms with Gasteiger partial charge in [0.25, 0.3) is 5.91 Å². The fraction of sp³-hybridized carbons (Fsp3) is 0.333. The van der Waals surface area contributed by atoms with Gasteiger partial charge >= 0.3 is 0 Å². The molecule has 1 aliphatic heterocycles. The molecule has 1 atom stereocenters. The van der Waals surface area contributed by atoms with E-state index in [2.05, 4.69) is 10.3 Å². The number of amides is 1. The van der Waals surface area contributed by atoms with Crippen LogP contribution in [0.25, 0.3) is 11.1 Å². The van der Waals surface area contributed by atoms with Gasteiger partial charge in [-0.2, -0.15) is 0 Å². The second kappa shape index (κ2) is 7.87. The number of aromatic nitrogens is 1. The predicted octanol–water partition coefficient (Wildman–Crippen LogP) is 2.59. The number of hydrogen-bond acceptors (Lipinski definition) is 6. The summed E-state index contributed by atoms with van der Waals surface area (Å²) >= 11 is 0. The number of methoxy groups -OCH3 is 1. The van der Waals surface area contributed by atoms with Gasteiger partial charge in [-0.3, -0.25) is 4.79 Å². The van der Waals surface area contributed by atoms with Crippen LogP contribution < -0.4 is 10.1 Å². The van der Waals surface area contributed by atoms with Gasteiger partial charge in [0.05, 0.1) is 18.6 Å². The number of oxazole rings is 1. The molecule has 0 spiro atoms. The molecule has 2 aromatic carbocycles. The summed E-state index contributed by atoms with van der Waals surface area (Å²) in [5, 5.41) is 2.82. The summed E-state index contributed by atoms with van der Waals surface area (Å²) in [4.78, 5) is 16.9. The Morgan fingerprint density at radius 3 is 2.72 bits per heavy atom. The van der Waals surface area contributed by atoms with Crippen molar-refractivity contribution in [1.82, 2.24) is 10.3 Å². The molecule has 152 valence electrons. The van der Waals surface area contributed by atoms with Crippen LogP contribution in [0.15, 0.2) is 46.9 Å². The largest absolute Gasteiger partial charge is 0.497 e. The molecule has 1 unspecified atom stereocenters. The molecule has 0 bridgehead atoms. The highest BCUT2D eigenvalue weighted by atomic mass is 32.2. The van der Waals surface area contributed by atoms with Gasteiger partial charge < -0.3 is 14.5 Å². The highest BCUT2D eigenvalue weighted by Crippen LogP contribution is 2.21. The summed E-state index contributed by atoms with van der Waals surface area (Å²) in [6, 6.07) is 12.8. The molecule has 3 aromatic rings. The molecule has 7 nitrogen and oxygen atoms in total. The number of rotatable bonds is 6. The summed E-state index contributed by atoms with van der Waals surface area (Å²) in [6.45, 7) is 0.356. The maximum absolute atomic E-state index is 12.4. The quantitative estimate of drug-likeness (QED) is 0.666. The lowest BCUT2D eigenvalue weighted by Crippen LogP contribution is -2.29. The third kappa shape index (κ3) is 4.59. The highest BCUT2D eigenvalue weighted by molar-refractivity contribution is 7.91. The van der Waals surface area contributed by atoms with Crippen LogP contribution in [0.3, 0.4) is 0 Å². The van der Waals surface area contributed by atoms with E-state index >= 15 is 0 Å². The Morgan fingerprint density at radius 1 is 1.24 bits per heavy atom. The van der Waals surface area contributed by atoms with E-state index in [-0.39, 0.29) is 23.3 Å². The maximum Gasteiger partial charge on any atom is 0.251 e. The summed E-state index contributed by atoms with van der Waals surface area (Å²) in [5.41, 5.74) is 2.74. The minimum Gasteiger partial charge on any atom is -0.497 e. The summed E-state index contributed by atoms with van der Waals surface area (Å²) < 4.78 is 34.0. The van der Waals surface area contributed by atoms with Gasteiger partial charge in [0.1, 0.15) is 11.3 Å². The van der Waals surface area contributed by atoms with E-state index in [9.17, 15) is 13.2 Å². The Balaban J connectivity index is 1.42. The number of nitrogens with zero attached hydrogens (tertiary/aromatic N) is 1. The molecule has 1 aliphatic rings. The Kier molecular flexibility index (Phi) is 5.27. The Labute approximate surface area is 169 Å². The van der Waals surface area contributed by atoms with Gasteiger partial charge in [-0.25, -0.2) is 13.4 Å². The zero-order chi connectivity index (χ0) is 20.4. The van der Waals surface area contributed by atoms with Crippen molar-refractivity contribution in [2.24, 2.45) is 5.92 Å². The lowest BCUT2D eigenvalue weighted by atomic mass is 10.1. The van der Waals surface area contributed by atoms with Crippen LogP contribution >= 0.6 is 0 Å². The van der Waals surface area contributed by atoms with Gasteiger partial charge in [-0.1, -0.05) is 12.1 Å². The SMILES string of the molecule is COc1ccc(Cc2nc3ccc(C(=O)NCC4CCS(=O)(=O)C4)cc3o2)cc1. The Hall–Kier alpha value is -2.87. The average molecular weight is 414 g/mol. The van der Waals surface area contributed by atoms with Crippen molar-refractivity contribution in [3.05, 3.63) is 59.5 Å². The van der Waals surface area contributed by atoms with E-state index in [1.165, 1.54) is 0 Å². The van der Waals surface area contributed by atoms with Crippen molar-refractivity contribution in [3.63, 3.8) is 0 Å². The number of hydrogen-bond donors (Lipinski definition) is 1. The smallest absolute Gasteiger partial charge is 0.251 e. The molecule has 0 radical (unpaired) electrons. The number of sulfone groups is 1. The van der Waals surface area contributed by atoms with Gasteiger partial charge in [-0.15, -0.1) is 0 Å². The average Bonchev–Trinajstić information content (AvgIpc) is 3.27. The number of nitrogens with one attached hydrogen (secondary N) is 1. The zero-order valence-corrected chi connectivity index (χ0v) is 16.9. The standard InChI is InChI=1S/C21H22N2O5S/c1-27-17-5-2-14(3-6-17)10-20-23-18-7-4-16(11-19(18)28-20)21(24)22-12-15-8-9-29(25,26)13-15/h2-7,11,15H,8-10,12-13H2,1H3,(H,22,24). The molecule has 0 saturated carbocycles. The first-order chi connectivity index (χ1) is 13.9. The first-order valence-corrected chi connectivity index (χ1v) is 11.2. The van der Waals surface area contributed by atoms with Crippen molar-refractivity contribution >= 4 is 26.8 Å². The van der Waals surface area contributed by atoms with Crippen LogP contribution in [0.1, 0.15) is 28.2 Å². The molecule has 1 fully saturated rings. The molecule has 2 heterocycles. The summed E-state index contributed by atoms with van der Waals surface area (Å²) in [6.07, 6.45) is 1.13. The first kappa shape index (κ1) is 19.4. The third-order valence-electron chi connectivity index (χ3n) is 5.09. The van der Waals surface area contributed by atoms with Gasteiger partial charge in [0.2, 0.25) is 0 Å². The van der Waals surface area contributed by atoms with Crippen molar-refractivity contribution in [2.45, 2.75) is 12.8 Å². The third-order valence-corrected chi connectivity index (χ3v) is 6.92. The van der Waals surface area contributed by atoms with Crippen LogP contribution in [0.4, 0.5) is 0 Å². The molecular weight excluding hydrogens is 392 g/mol. The van der Waals surface area contributed by atoms with E-state index in [4.69, 9.17) is 9.15 Å². The molecule has 1 saturated heterocycles. The molecule has 29 heavy (non-hydrogen) atoms. The minimum absolute atomic E-state index is 0.0194. The minimum atomic E-state index is -2.95. The number of carbonyl (C=O) groups is 1. The lowest BCUT2D eigenvalue weighted by Gasteiger charge is -2.09. The van der Waals surface area contributed by atoms with E-state index < -0.39 is 9.84 Å². The fourth-order valence-corrected chi connectivity index (χ4v) is 5.34. The molecular formula is C21H22N2O5S. The maximum atomic E-state index is 12.4. The van der Waals surface area contributed by atoms with Crippen molar-refractivity contribution in [3.8, 4) is 5.75 Å². The van der Waals surface area contributed by atoms with Crippen LogP contribution in [0.5, 0.6) is 5.75 Å². The normalized spacial score (nSPS) is 18.0. The molecule has 8 heteroatoms. The number of ether oxygens (including phenoxy) is 1. The van der Waals surface area contributed by atoms with E-state index in [0.29, 0.717) is 41.9 Å². The highest BCUT2D eigenvalue weighted by Gasteiger charge is 2.28. The number of carbonyl (C=O) groups excluding carboxylic acids is 1. The van der Waals surface area contributed by atoms with Crippen LogP contribution in [0.2, 0.25) is 0 Å². The lowest BCUT2D eigenvalue weighted by molar-refractivity contribution is 0.0948. The van der Waals surface area contributed by atoms with Crippen LogP contribution in [-0.4, -0.2) is 44.5 Å². The van der Waals surface area contributed by atoms with Crippen molar-refractivity contribution in [2.75, 3.05) is 25.2 Å². The number of benzene rings is 2. The Morgan fingerprint density at radius 2 is 2.03 bits per heavy atom. The van der Waals surface area contributed by atoms with Gasteiger partial charge in [-0.05, 0) is 48.2 Å². The van der Waals surface area contributed by atoms with Crippen LogP contribution in [0, 0.1) is 5.92 Å². The molecule has 1 aromatic heterocycles. The summed E-state index contributed by atoms with van der Waals surface area (Å²) in [7, 11) is -1.32. The first-order valence-electron chi connectivity index (χ1n) is 9.43. The molecule has 4 rings (SSSR count).